The van der Waals surface area contributed by atoms with E-state index in [1.807, 2.05) is 0 Å². The molecular weight excluding hydrogens is 222 g/mol. The van der Waals surface area contributed by atoms with E-state index in [0.717, 1.165) is 30.6 Å². The number of piperidine rings is 2. The molecule has 5 atom stereocenters. The second-order valence-corrected chi connectivity index (χ2v) is 7.32. The van der Waals surface area contributed by atoms with Crippen molar-refractivity contribution in [3.8, 4) is 0 Å². The fourth-order valence-corrected chi connectivity index (χ4v) is 5.44. The molecule has 5 unspecified atom stereocenters. The minimum absolute atomic E-state index is 0.536. The van der Waals surface area contributed by atoms with Gasteiger partial charge in [0.1, 0.15) is 5.78 Å². The first-order chi connectivity index (χ1) is 8.79. The molecule has 0 aromatic rings. The fourth-order valence-electron chi connectivity index (χ4n) is 5.44. The lowest BCUT2D eigenvalue weighted by atomic mass is 9.81. The molecule has 4 aliphatic rings. The molecule has 18 heavy (non-hydrogen) atoms. The highest BCUT2D eigenvalue weighted by atomic mass is 16.1. The van der Waals surface area contributed by atoms with Crippen molar-refractivity contribution in [3.63, 3.8) is 0 Å². The van der Waals surface area contributed by atoms with Crippen molar-refractivity contribution < 1.29 is 4.79 Å². The Morgan fingerprint density at radius 3 is 2.39 bits per heavy atom. The van der Waals surface area contributed by atoms with E-state index in [-0.39, 0.29) is 0 Å². The van der Waals surface area contributed by atoms with Crippen LogP contribution in [0.1, 0.15) is 57.8 Å². The van der Waals surface area contributed by atoms with Gasteiger partial charge in [0.25, 0.3) is 0 Å². The predicted octanol–water partition coefficient (Wildman–Crippen LogP) is 3.01. The first-order valence-corrected chi connectivity index (χ1v) is 8.07. The van der Waals surface area contributed by atoms with Crippen LogP contribution in [0.4, 0.5) is 0 Å². The van der Waals surface area contributed by atoms with Crippen LogP contribution in [0.5, 0.6) is 0 Å². The summed E-state index contributed by atoms with van der Waals surface area (Å²) >= 11 is 0. The number of ketones is 1. The predicted molar refractivity (Wildman–Crippen MR) is 71.3 cm³/mol. The van der Waals surface area contributed by atoms with Crippen molar-refractivity contribution in [2.24, 2.45) is 17.8 Å². The van der Waals surface area contributed by atoms with Gasteiger partial charge in [-0.15, -0.1) is 0 Å². The quantitative estimate of drug-likeness (QED) is 0.747. The van der Waals surface area contributed by atoms with E-state index in [0.29, 0.717) is 17.9 Å². The zero-order valence-corrected chi connectivity index (χ0v) is 11.3. The maximum atomic E-state index is 11.8. The van der Waals surface area contributed by atoms with Crippen molar-refractivity contribution in [3.05, 3.63) is 0 Å². The van der Waals surface area contributed by atoms with Crippen LogP contribution in [0.2, 0.25) is 0 Å². The zero-order valence-electron chi connectivity index (χ0n) is 11.3. The molecule has 4 bridgehead atoms. The Morgan fingerprint density at radius 1 is 1.00 bits per heavy atom. The van der Waals surface area contributed by atoms with E-state index >= 15 is 0 Å². The van der Waals surface area contributed by atoms with Gasteiger partial charge >= 0.3 is 0 Å². The van der Waals surface area contributed by atoms with Gasteiger partial charge in [0, 0.05) is 31.5 Å². The molecule has 0 N–H and O–H groups in total. The lowest BCUT2D eigenvalue weighted by Gasteiger charge is -2.47. The smallest absolute Gasteiger partial charge is 0.136 e. The highest BCUT2D eigenvalue weighted by molar-refractivity contribution is 5.80. The van der Waals surface area contributed by atoms with E-state index in [4.69, 9.17) is 0 Å². The largest absolute Gasteiger partial charge is 0.300 e. The number of nitrogens with zero attached hydrogens (tertiary/aromatic N) is 1. The topological polar surface area (TPSA) is 20.3 Å². The highest BCUT2D eigenvalue weighted by Crippen LogP contribution is 2.49. The van der Waals surface area contributed by atoms with Crippen molar-refractivity contribution >= 4 is 5.78 Å². The van der Waals surface area contributed by atoms with Gasteiger partial charge in [0.2, 0.25) is 0 Å². The van der Waals surface area contributed by atoms with Gasteiger partial charge in [0.15, 0.2) is 0 Å². The number of hydrogen-bond acceptors (Lipinski definition) is 2. The van der Waals surface area contributed by atoms with Gasteiger partial charge in [-0.2, -0.15) is 0 Å². The fraction of sp³-hybridized carbons (Fsp3) is 0.938. The third-order valence-electron chi connectivity index (χ3n) is 6.27. The summed E-state index contributed by atoms with van der Waals surface area (Å²) < 4.78 is 0. The molecule has 0 radical (unpaired) electrons. The van der Waals surface area contributed by atoms with Crippen LogP contribution < -0.4 is 0 Å². The van der Waals surface area contributed by atoms with Crippen molar-refractivity contribution in [1.82, 2.24) is 4.90 Å². The molecular formula is C16H25NO. The zero-order chi connectivity index (χ0) is 12.1. The first-order valence-electron chi connectivity index (χ1n) is 8.07. The monoisotopic (exact) mass is 247 g/mol. The maximum absolute atomic E-state index is 11.8. The van der Waals surface area contributed by atoms with Gasteiger partial charge in [-0.05, 0) is 49.9 Å². The summed E-state index contributed by atoms with van der Waals surface area (Å²) in [5, 5.41) is 0. The minimum Gasteiger partial charge on any atom is -0.300 e. The molecule has 0 amide bonds. The molecule has 2 heterocycles. The highest BCUT2D eigenvalue weighted by Gasteiger charge is 2.44. The van der Waals surface area contributed by atoms with Crippen molar-refractivity contribution in [2.75, 3.05) is 6.54 Å². The lowest BCUT2D eigenvalue weighted by molar-refractivity contribution is -0.127. The molecule has 0 aromatic heterocycles. The van der Waals surface area contributed by atoms with Gasteiger partial charge in [-0.25, -0.2) is 0 Å². The maximum Gasteiger partial charge on any atom is 0.136 e. The van der Waals surface area contributed by atoms with Crippen LogP contribution in [0.15, 0.2) is 0 Å². The Balaban J connectivity index is 1.46. The Hall–Kier alpha value is -0.370. The normalized spacial score (nSPS) is 47.8. The molecule has 4 fully saturated rings. The molecule has 2 aliphatic carbocycles. The molecule has 2 aliphatic heterocycles. The Kier molecular flexibility index (Phi) is 2.76. The second-order valence-electron chi connectivity index (χ2n) is 7.32. The van der Waals surface area contributed by atoms with Gasteiger partial charge in [0.05, 0.1) is 0 Å². The third-order valence-corrected chi connectivity index (χ3v) is 6.27. The number of fused-ring (bicyclic) bond motifs is 4. The van der Waals surface area contributed by atoms with E-state index in [1.54, 1.807) is 0 Å². The Morgan fingerprint density at radius 2 is 1.78 bits per heavy atom. The SMILES string of the molecule is O=C1CC2CCCC(C1)N2CC1CC2CCC1C2. The Bertz CT molecular complexity index is 337. The van der Waals surface area contributed by atoms with E-state index in [2.05, 4.69) is 4.90 Å². The average Bonchev–Trinajstić information content (AvgIpc) is 2.92. The van der Waals surface area contributed by atoms with Crippen LogP contribution in [-0.2, 0) is 4.79 Å². The van der Waals surface area contributed by atoms with E-state index in [1.165, 1.54) is 51.5 Å². The molecule has 2 nitrogen and oxygen atoms in total. The summed E-state index contributed by atoms with van der Waals surface area (Å²) in [6, 6.07) is 1.23. The average molecular weight is 247 g/mol. The van der Waals surface area contributed by atoms with Crippen molar-refractivity contribution in [2.45, 2.75) is 69.9 Å². The molecule has 4 rings (SSSR count). The third kappa shape index (κ3) is 1.84. The van der Waals surface area contributed by atoms with Gasteiger partial charge < -0.3 is 0 Å². The number of carbonyl (C=O) groups excluding carboxylic acids is 1. The second kappa shape index (κ2) is 4.33. The summed E-state index contributed by atoms with van der Waals surface area (Å²) in [4.78, 5) is 14.5. The van der Waals surface area contributed by atoms with Crippen molar-refractivity contribution in [1.29, 1.82) is 0 Å². The first kappa shape index (κ1) is 11.5. The Labute approximate surface area is 110 Å². The lowest BCUT2D eigenvalue weighted by Crippen LogP contribution is -2.54. The van der Waals surface area contributed by atoms with Crippen LogP contribution in [-0.4, -0.2) is 29.3 Å². The summed E-state index contributed by atoms with van der Waals surface area (Å²) in [6.07, 6.45) is 11.7. The molecule has 100 valence electrons. The molecule has 2 saturated carbocycles. The molecule has 2 heteroatoms. The van der Waals surface area contributed by atoms with Crippen LogP contribution in [0.3, 0.4) is 0 Å². The number of rotatable bonds is 2. The summed E-state index contributed by atoms with van der Waals surface area (Å²) in [7, 11) is 0. The van der Waals surface area contributed by atoms with Crippen LogP contribution in [0, 0.1) is 17.8 Å². The van der Waals surface area contributed by atoms with E-state index in [9.17, 15) is 4.79 Å². The minimum atomic E-state index is 0.536. The van der Waals surface area contributed by atoms with Gasteiger partial charge in [-0.1, -0.05) is 12.8 Å². The number of hydrogen-bond donors (Lipinski definition) is 0. The molecule has 2 saturated heterocycles. The molecule has 0 aromatic carbocycles. The number of carbonyl (C=O) groups is 1. The summed E-state index contributed by atoms with van der Waals surface area (Å²) in [5.41, 5.74) is 0. The van der Waals surface area contributed by atoms with Crippen LogP contribution >= 0.6 is 0 Å². The summed E-state index contributed by atoms with van der Waals surface area (Å²) in [6.45, 7) is 1.32. The van der Waals surface area contributed by atoms with Crippen LogP contribution in [0.25, 0.3) is 0 Å². The standard InChI is InChI=1S/C16H25NO/c18-16-8-14-2-1-3-15(9-16)17(14)10-13-7-11-4-5-12(13)6-11/h11-15H,1-10H2. The number of Topliss-reactive ketones (excluding diaryl/α,β-unsaturated/α-hetero) is 1. The summed E-state index contributed by atoms with van der Waals surface area (Å²) in [5.74, 6) is 3.61. The van der Waals surface area contributed by atoms with E-state index < -0.39 is 0 Å². The molecule has 0 spiro atoms. The van der Waals surface area contributed by atoms with Gasteiger partial charge in [-0.3, -0.25) is 9.69 Å².